The minimum absolute atomic E-state index is 0.128. The maximum Gasteiger partial charge on any atom is 0.259 e. The molecule has 1 atom stereocenters. The monoisotopic (exact) mass is 334 g/mol. The highest BCUT2D eigenvalue weighted by Crippen LogP contribution is 2.43. The Morgan fingerprint density at radius 3 is 2.84 bits per heavy atom. The molecule has 2 aromatic rings. The molecule has 0 aromatic heterocycles. The Morgan fingerprint density at radius 2 is 2.08 bits per heavy atom. The summed E-state index contributed by atoms with van der Waals surface area (Å²) in [5.74, 6) is 2.01. The number of hydrogen-bond donors (Lipinski definition) is 1. The molecule has 1 saturated heterocycles. The van der Waals surface area contributed by atoms with Crippen molar-refractivity contribution in [1.82, 2.24) is 5.32 Å². The third kappa shape index (κ3) is 2.24. The molecule has 1 N–H and O–H groups in total. The number of amides is 3. The number of imide groups is 1. The van der Waals surface area contributed by atoms with E-state index in [1.165, 1.54) is 4.90 Å². The van der Waals surface area contributed by atoms with E-state index in [0.717, 1.165) is 10.8 Å². The molecule has 6 heteroatoms. The van der Waals surface area contributed by atoms with Crippen LogP contribution in [0.5, 0.6) is 5.75 Å². The number of hydrogen-bond acceptors (Lipinski definition) is 4. The standard InChI is InChI=1S/C19H14N2O4/c1-2-10-25-15-8-6-13-17-11(15)4-3-5-12(17)19(24)21(13)14-7-9-16(22)20-18(14)23/h1,3-6,8,14H,7,9-10H2,(H,20,22,23). The summed E-state index contributed by atoms with van der Waals surface area (Å²) in [6.45, 7) is 0.128. The van der Waals surface area contributed by atoms with Crippen molar-refractivity contribution in [2.75, 3.05) is 11.5 Å². The van der Waals surface area contributed by atoms with Crippen LogP contribution in [0.25, 0.3) is 10.8 Å². The SMILES string of the molecule is C#CCOc1ccc2c3c(cccc13)C(=O)N2C1CCC(=O)NC1=O. The summed E-state index contributed by atoms with van der Waals surface area (Å²) < 4.78 is 5.57. The van der Waals surface area contributed by atoms with E-state index >= 15 is 0 Å². The summed E-state index contributed by atoms with van der Waals surface area (Å²) in [6.07, 6.45) is 5.77. The minimum Gasteiger partial charge on any atom is -0.480 e. The Labute approximate surface area is 143 Å². The smallest absolute Gasteiger partial charge is 0.259 e. The Kier molecular flexibility index (Phi) is 3.43. The molecule has 25 heavy (non-hydrogen) atoms. The van der Waals surface area contributed by atoms with E-state index in [2.05, 4.69) is 11.2 Å². The van der Waals surface area contributed by atoms with E-state index in [1.54, 1.807) is 24.3 Å². The van der Waals surface area contributed by atoms with Gasteiger partial charge in [-0.1, -0.05) is 18.1 Å². The number of terminal acetylenes is 1. The van der Waals surface area contributed by atoms with Crippen LogP contribution in [0.2, 0.25) is 0 Å². The maximum absolute atomic E-state index is 12.9. The molecule has 0 saturated carbocycles. The normalized spacial score (nSPS) is 19.1. The Hall–Kier alpha value is -3.33. The Balaban J connectivity index is 1.83. The number of anilines is 1. The molecule has 1 fully saturated rings. The van der Waals surface area contributed by atoms with Gasteiger partial charge < -0.3 is 4.74 Å². The van der Waals surface area contributed by atoms with Crippen molar-refractivity contribution in [3.63, 3.8) is 0 Å². The Morgan fingerprint density at radius 1 is 1.24 bits per heavy atom. The van der Waals surface area contributed by atoms with Crippen LogP contribution in [0.15, 0.2) is 30.3 Å². The number of ether oxygens (including phenoxy) is 1. The predicted octanol–water partition coefficient (Wildman–Crippen LogP) is 1.62. The van der Waals surface area contributed by atoms with Gasteiger partial charge >= 0.3 is 0 Å². The largest absolute Gasteiger partial charge is 0.480 e. The zero-order chi connectivity index (χ0) is 17.6. The fourth-order valence-corrected chi connectivity index (χ4v) is 3.46. The van der Waals surface area contributed by atoms with Crippen molar-refractivity contribution in [2.45, 2.75) is 18.9 Å². The number of carbonyl (C=O) groups excluding carboxylic acids is 3. The zero-order valence-electron chi connectivity index (χ0n) is 13.2. The van der Waals surface area contributed by atoms with Crippen molar-refractivity contribution < 1.29 is 19.1 Å². The lowest BCUT2D eigenvalue weighted by Crippen LogP contribution is -2.53. The van der Waals surface area contributed by atoms with Crippen LogP contribution in [-0.2, 0) is 9.59 Å². The minimum atomic E-state index is -0.696. The fourth-order valence-electron chi connectivity index (χ4n) is 3.46. The predicted molar refractivity (Wildman–Crippen MR) is 91.3 cm³/mol. The first-order valence-electron chi connectivity index (χ1n) is 7.91. The third-order valence-corrected chi connectivity index (χ3v) is 4.52. The van der Waals surface area contributed by atoms with Gasteiger partial charge in [0, 0.05) is 22.8 Å². The van der Waals surface area contributed by atoms with Crippen molar-refractivity contribution in [3.8, 4) is 18.1 Å². The molecule has 4 rings (SSSR count). The summed E-state index contributed by atoms with van der Waals surface area (Å²) in [7, 11) is 0. The van der Waals surface area contributed by atoms with Gasteiger partial charge in [0.2, 0.25) is 11.8 Å². The van der Waals surface area contributed by atoms with Crippen molar-refractivity contribution in [1.29, 1.82) is 0 Å². The number of benzene rings is 2. The first kappa shape index (κ1) is 15.2. The van der Waals surface area contributed by atoms with E-state index in [4.69, 9.17) is 11.2 Å². The zero-order valence-corrected chi connectivity index (χ0v) is 13.2. The van der Waals surface area contributed by atoms with Crippen molar-refractivity contribution in [2.24, 2.45) is 0 Å². The third-order valence-electron chi connectivity index (χ3n) is 4.52. The van der Waals surface area contributed by atoms with Crippen LogP contribution in [0, 0.1) is 12.3 Å². The van der Waals surface area contributed by atoms with E-state index in [9.17, 15) is 14.4 Å². The van der Waals surface area contributed by atoms with Crippen LogP contribution in [0.3, 0.4) is 0 Å². The number of nitrogens with zero attached hydrogens (tertiary/aromatic N) is 1. The molecule has 0 bridgehead atoms. The van der Waals surface area contributed by atoms with Crippen molar-refractivity contribution in [3.05, 3.63) is 35.9 Å². The van der Waals surface area contributed by atoms with Gasteiger partial charge in [-0.3, -0.25) is 24.6 Å². The van der Waals surface area contributed by atoms with Gasteiger partial charge in [0.25, 0.3) is 5.91 Å². The molecular weight excluding hydrogens is 320 g/mol. The summed E-state index contributed by atoms with van der Waals surface area (Å²) >= 11 is 0. The number of rotatable bonds is 3. The second-order valence-electron chi connectivity index (χ2n) is 5.95. The summed E-state index contributed by atoms with van der Waals surface area (Å²) in [6, 6.07) is 8.16. The van der Waals surface area contributed by atoms with E-state index < -0.39 is 11.9 Å². The Bertz CT molecular complexity index is 973. The molecule has 1 unspecified atom stereocenters. The molecule has 0 aliphatic carbocycles. The molecule has 6 nitrogen and oxygen atoms in total. The topological polar surface area (TPSA) is 75.7 Å². The molecule has 2 aliphatic rings. The highest BCUT2D eigenvalue weighted by atomic mass is 16.5. The lowest BCUT2D eigenvalue weighted by Gasteiger charge is -2.30. The number of piperidine rings is 1. The van der Waals surface area contributed by atoms with Gasteiger partial charge in [0.05, 0.1) is 5.69 Å². The van der Waals surface area contributed by atoms with E-state index in [1.807, 2.05) is 6.07 Å². The van der Waals surface area contributed by atoms with Gasteiger partial charge in [0.1, 0.15) is 18.4 Å². The number of nitrogens with one attached hydrogen (secondary N) is 1. The lowest BCUT2D eigenvalue weighted by molar-refractivity contribution is -0.134. The molecule has 124 valence electrons. The molecule has 2 heterocycles. The van der Waals surface area contributed by atoms with E-state index in [0.29, 0.717) is 23.4 Å². The fraction of sp³-hybridized carbons (Fsp3) is 0.211. The second-order valence-corrected chi connectivity index (χ2v) is 5.95. The highest BCUT2D eigenvalue weighted by Gasteiger charge is 2.40. The van der Waals surface area contributed by atoms with Crippen LogP contribution in [0.1, 0.15) is 23.2 Å². The maximum atomic E-state index is 12.9. The molecule has 2 aromatic carbocycles. The van der Waals surface area contributed by atoms with Gasteiger partial charge in [-0.25, -0.2) is 0 Å². The van der Waals surface area contributed by atoms with Crippen LogP contribution in [0.4, 0.5) is 5.69 Å². The molecule has 0 spiro atoms. The molecule has 2 aliphatic heterocycles. The summed E-state index contributed by atoms with van der Waals surface area (Å²) in [5.41, 5.74) is 1.17. The quantitative estimate of drug-likeness (QED) is 0.684. The molecule has 0 radical (unpaired) electrons. The highest BCUT2D eigenvalue weighted by molar-refractivity contribution is 6.27. The first-order valence-corrected chi connectivity index (χ1v) is 7.91. The lowest BCUT2D eigenvalue weighted by atomic mass is 10.0. The number of carbonyl (C=O) groups is 3. The van der Waals surface area contributed by atoms with Gasteiger partial charge in [0.15, 0.2) is 0 Å². The molecule has 3 amide bonds. The van der Waals surface area contributed by atoms with Crippen LogP contribution >= 0.6 is 0 Å². The summed E-state index contributed by atoms with van der Waals surface area (Å²) in [4.78, 5) is 38.0. The average Bonchev–Trinajstić information content (AvgIpc) is 2.89. The van der Waals surface area contributed by atoms with Gasteiger partial charge in [-0.15, -0.1) is 6.42 Å². The van der Waals surface area contributed by atoms with Crippen LogP contribution < -0.4 is 15.0 Å². The first-order chi connectivity index (χ1) is 12.1. The average molecular weight is 334 g/mol. The summed E-state index contributed by atoms with van der Waals surface area (Å²) in [5, 5.41) is 3.82. The second kappa shape index (κ2) is 5.64. The van der Waals surface area contributed by atoms with Gasteiger partial charge in [-0.05, 0) is 24.6 Å². The van der Waals surface area contributed by atoms with Gasteiger partial charge in [-0.2, -0.15) is 0 Å². The molecular formula is C19H14N2O4. The van der Waals surface area contributed by atoms with Crippen molar-refractivity contribution >= 4 is 34.2 Å². The van der Waals surface area contributed by atoms with E-state index in [-0.39, 0.29) is 24.8 Å². The van der Waals surface area contributed by atoms with Crippen LogP contribution in [-0.4, -0.2) is 30.4 Å².